The topological polar surface area (TPSA) is 17.3 Å². The molecule has 1 saturated carbocycles. The van der Waals surface area contributed by atoms with Crippen LogP contribution >= 0.6 is 0 Å². The Morgan fingerprint density at radius 1 is 1.20 bits per heavy atom. The van der Waals surface area contributed by atoms with Crippen LogP contribution in [0.2, 0.25) is 0 Å². The van der Waals surface area contributed by atoms with Crippen molar-refractivity contribution in [2.24, 2.45) is 0 Å². The molecule has 3 rings (SSSR count). The molecule has 0 saturated heterocycles. The van der Waals surface area contributed by atoms with E-state index in [4.69, 9.17) is 0 Å². The Balaban J connectivity index is 1.95. The van der Waals surface area contributed by atoms with Crippen molar-refractivity contribution in [3.05, 3.63) is 36.4 Å². The lowest BCUT2D eigenvalue weighted by Gasteiger charge is -2.20. The average molecular weight is 200 g/mol. The zero-order valence-corrected chi connectivity index (χ0v) is 8.89. The molecule has 0 radical (unpaired) electrons. The number of rotatable bonds is 1. The molecule has 0 unspecified atom stereocenters. The van der Waals surface area contributed by atoms with Gasteiger partial charge >= 0.3 is 0 Å². The molecule has 1 fully saturated rings. The average Bonchev–Trinajstić information content (AvgIpc) is 2.77. The highest BCUT2D eigenvalue weighted by Gasteiger charge is 2.16. The van der Waals surface area contributed by atoms with E-state index in [2.05, 4.69) is 33.9 Å². The Labute approximate surface area is 90.0 Å². The summed E-state index contributed by atoms with van der Waals surface area (Å²) in [5.41, 5.74) is 2.47. The zero-order valence-electron chi connectivity index (χ0n) is 8.89. The Kier molecular flexibility index (Phi) is 2.20. The SMILES string of the molecule is c1cc2cnc(C3CCCCC3)cn2c1. The van der Waals surface area contributed by atoms with Gasteiger partial charge < -0.3 is 4.40 Å². The normalized spacial score (nSPS) is 18.4. The first-order chi connectivity index (χ1) is 7.43. The molecule has 0 N–H and O–H groups in total. The minimum atomic E-state index is 0.700. The summed E-state index contributed by atoms with van der Waals surface area (Å²) < 4.78 is 2.18. The van der Waals surface area contributed by atoms with Crippen molar-refractivity contribution in [1.29, 1.82) is 0 Å². The summed E-state index contributed by atoms with van der Waals surface area (Å²) in [6.07, 6.45) is 13.1. The maximum Gasteiger partial charge on any atom is 0.0634 e. The number of hydrogen-bond donors (Lipinski definition) is 0. The van der Waals surface area contributed by atoms with E-state index < -0.39 is 0 Å². The third-order valence-corrected chi connectivity index (χ3v) is 3.45. The highest BCUT2D eigenvalue weighted by atomic mass is 14.9. The summed E-state index contributed by atoms with van der Waals surface area (Å²) in [5, 5.41) is 0. The fraction of sp³-hybridized carbons (Fsp3) is 0.462. The first kappa shape index (κ1) is 8.96. The van der Waals surface area contributed by atoms with E-state index in [1.54, 1.807) is 0 Å². The molecule has 2 heteroatoms. The standard InChI is InChI=1S/C13H16N2/c1-2-5-11(6-3-1)13-10-15-8-4-7-12(15)9-14-13/h4,7-11H,1-3,5-6H2. The Hall–Kier alpha value is -1.31. The fourth-order valence-corrected chi connectivity index (χ4v) is 2.56. The molecule has 0 aromatic carbocycles. The van der Waals surface area contributed by atoms with E-state index >= 15 is 0 Å². The molecule has 0 amide bonds. The largest absolute Gasteiger partial charge is 0.321 e. The van der Waals surface area contributed by atoms with Crippen molar-refractivity contribution in [2.45, 2.75) is 38.0 Å². The molecule has 0 aliphatic heterocycles. The van der Waals surface area contributed by atoms with Crippen LogP contribution in [0.5, 0.6) is 0 Å². The van der Waals surface area contributed by atoms with E-state index in [1.165, 1.54) is 43.3 Å². The minimum Gasteiger partial charge on any atom is -0.321 e. The summed E-state index contributed by atoms with van der Waals surface area (Å²) in [6, 6.07) is 4.17. The number of nitrogens with zero attached hydrogens (tertiary/aromatic N) is 2. The van der Waals surface area contributed by atoms with Gasteiger partial charge in [-0.3, -0.25) is 4.98 Å². The van der Waals surface area contributed by atoms with Crippen LogP contribution in [0, 0.1) is 0 Å². The monoisotopic (exact) mass is 200 g/mol. The van der Waals surface area contributed by atoms with Gasteiger partial charge in [-0.1, -0.05) is 19.3 Å². The maximum absolute atomic E-state index is 4.58. The van der Waals surface area contributed by atoms with E-state index in [9.17, 15) is 0 Å². The van der Waals surface area contributed by atoms with Gasteiger partial charge in [0, 0.05) is 18.3 Å². The van der Waals surface area contributed by atoms with Gasteiger partial charge in [-0.2, -0.15) is 0 Å². The number of hydrogen-bond acceptors (Lipinski definition) is 1. The first-order valence-electron chi connectivity index (χ1n) is 5.86. The van der Waals surface area contributed by atoms with Gasteiger partial charge in [0.2, 0.25) is 0 Å². The molecule has 2 nitrogen and oxygen atoms in total. The summed E-state index contributed by atoms with van der Waals surface area (Å²) >= 11 is 0. The molecule has 0 spiro atoms. The highest BCUT2D eigenvalue weighted by molar-refractivity contribution is 5.45. The molecule has 1 aliphatic carbocycles. The van der Waals surface area contributed by atoms with Gasteiger partial charge in [-0.25, -0.2) is 0 Å². The quantitative estimate of drug-likeness (QED) is 0.689. The molecule has 0 atom stereocenters. The molecular formula is C13H16N2. The Bertz CT molecular complexity index is 452. The van der Waals surface area contributed by atoms with E-state index in [0.717, 1.165) is 0 Å². The van der Waals surface area contributed by atoms with Crippen LogP contribution in [-0.4, -0.2) is 9.38 Å². The second kappa shape index (κ2) is 3.69. The van der Waals surface area contributed by atoms with Gasteiger partial charge in [0.05, 0.1) is 17.4 Å². The molecule has 0 bridgehead atoms. The van der Waals surface area contributed by atoms with Crippen LogP contribution < -0.4 is 0 Å². The van der Waals surface area contributed by atoms with E-state index in [1.807, 2.05) is 6.20 Å². The lowest BCUT2D eigenvalue weighted by Crippen LogP contribution is -2.07. The summed E-state index contributed by atoms with van der Waals surface area (Å²) in [4.78, 5) is 4.58. The van der Waals surface area contributed by atoms with Crippen LogP contribution in [0.1, 0.15) is 43.7 Å². The predicted octanol–water partition coefficient (Wildman–Crippen LogP) is 3.38. The lowest BCUT2D eigenvalue weighted by molar-refractivity contribution is 0.435. The molecule has 1 aliphatic rings. The molecule has 15 heavy (non-hydrogen) atoms. The van der Waals surface area contributed by atoms with E-state index in [0.29, 0.717) is 5.92 Å². The van der Waals surface area contributed by atoms with Crippen molar-refractivity contribution in [3.63, 3.8) is 0 Å². The Morgan fingerprint density at radius 3 is 2.93 bits per heavy atom. The summed E-state index contributed by atoms with van der Waals surface area (Å²) in [5.74, 6) is 0.700. The highest BCUT2D eigenvalue weighted by Crippen LogP contribution is 2.31. The second-order valence-corrected chi connectivity index (χ2v) is 4.49. The van der Waals surface area contributed by atoms with E-state index in [-0.39, 0.29) is 0 Å². The third-order valence-electron chi connectivity index (χ3n) is 3.45. The smallest absolute Gasteiger partial charge is 0.0634 e. The molecule has 2 aromatic heterocycles. The van der Waals surface area contributed by atoms with Crippen LogP contribution in [0.25, 0.3) is 5.52 Å². The first-order valence-corrected chi connectivity index (χ1v) is 5.86. The number of aromatic nitrogens is 2. The van der Waals surface area contributed by atoms with Gasteiger partial charge in [-0.05, 0) is 25.0 Å². The van der Waals surface area contributed by atoms with Gasteiger partial charge in [0.25, 0.3) is 0 Å². The second-order valence-electron chi connectivity index (χ2n) is 4.49. The molecular weight excluding hydrogens is 184 g/mol. The van der Waals surface area contributed by atoms with Crippen LogP contribution in [-0.2, 0) is 0 Å². The molecule has 78 valence electrons. The predicted molar refractivity (Wildman–Crippen MR) is 61.0 cm³/mol. The maximum atomic E-state index is 4.58. The van der Waals surface area contributed by atoms with Gasteiger partial charge in [0.15, 0.2) is 0 Å². The molecule has 2 aromatic rings. The summed E-state index contributed by atoms with van der Waals surface area (Å²) in [6.45, 7) is 0. The minimum absolute atomic E-state index is 0.700. The fourth-order valence-electron chi connectivity index (χ4n) is 2.56. The zero-order chi connectivity index (χ0) is 10.1. The van der Waals surface area contributed by atoms with Crippen LogP contribution in [0.15, 0.2) is 30.7 Å². The summed E-state index contributed by atoms with van der Waals surface area (Å²) in [7, 11) is 0. The lowest BCUT2D eigenvalue weighted by atomic mass is 9.87. The van der Waals surface area contributed by atoms with Gasteiger partial charge in [0.1, 0.15) is 0 Å². The van der Waals surface area contributed by atoms with Crippen LogP contribution in [0.4, 0.5) is 0 Å². The van der Waals surface area contributed by atoms with Crippen LogP contribution in [0.3, 0.4) is 0 Å². The van der Waals surface area contributed by atoms with Gasteiger partial charge in [-0.15, -0.1) is 0 Å². The third kappa shape index (κ3) is 1.65. The van der Waals surface area contributed by atoms with Crippen molar-refractivity contribution in [1.82, 2.24) is 9.38 Å². The van der Waals surface area contributed by atoms with Crippen molar-refractivity contribution in [3.8, 4) is 0 Å². The molecule has 2 heterocycles. The van der Waals surface area contributed by atoms with Crippen molar-refractivity contribution < 1.29 is 0 Å². The Morgan fingerprint density at radius 2 is 2.07 bits per heavy atom. The number of fused-ring (bicyclic) bond motifs is 1. The van der Waals surface area contributed by atoms with Crippen molar-refractivity contribution >= 4 is 5.52 Å². The van der Waals surface area contributed by atoms with Crippen molar-refractivity contribution in [2.75, 3.05) is 0 Å².